The number of amides is 1. The third kappa shape index (κ3) is 4.02. The first-order valence-corrected chi connectivity index (χ1v) is 11.9. The normalized spacial score (nSPS) is 23.4. The van der Waals surface area contributed by atoms with Crippen LogP contribution in [-0.2, 0) is 9.53 Å². The third-order valence-electron chi connectivity index (χ3n) is 7.25. The topological polar surface area (TPSA) is 47.4 Å². The van der Waals surface area contributed by atoms with Gasteiger partial charge in [0.1, 0.15) is 5.82 Å². The van der Waals surface area contributed by atoms with Crippen LogP contribution in [0.2, 0.25) is 0 Å². The summed E-state index contributed by atoms with van der Waals surface area (Å²) < 4.78 is 35.6. The van der Waals surface area contributed by atoms with Crippen LogP contribution in [0.5, 0.6) is 0 Å². The quantitative estimate of drug-likeness (QED) is 0.441. The predicted molar refractivity (Wildman–Crippen MR) is 129 cm³/mol. The molecule has 0 radical (unpaired) electrons. The highest BCUT2D eigenvalue weighted by Crippen LogP contribution is 2.41. The van der Waals surface area contributed by atoms with Crippen LogP contribution in [0.4, 0.5) is 14.5 Å². The zero-order valence-corrected chi connectivity index (χ0v) is 19.3. The van der Waals surface area contributed by atoms with E-state index in [0.717, 1.165) is 66.7 Å². The zero-order valence-electron chi connectivity index (χ0n) is 19.3. The Morgan fingerprint density at radius 1 is 1.06 bits per heavy atom. The molecule has 1 saturated heterocycles. The molecule has 2 aromatic carbocycles. The molecule has 0 N–H and O–H groups in total. The van der Waals surface area contributed by atoms with Crippen molar-refractivity contribution in [2.24, 2.45) is 0 Å². The Kier molecular flexibility index (Phi) is 6.21. The van der Waals surface area contributed by atoms with Gasteiger partial charge in [0.25, 0.3) is 0 Å². The van der Waals surface area contributed by atoms with Crippen molar-refractivity contribution in [2.45, 2.75) is 63.1 Å². The molecule has 0 spiro atoms. The molecule has 1 atom stereocenters. The predicted octanol–water partition coefficient (Wildman–Crippen LogP) is 6.35. The van der Waals surface area contributed by atoms with E-state index < -0.39 is 11.6 Å². The average molecular weight is 466 g/mol. The molecular formula is C27H29F2N3O2. The van der Waals surface area contributed by atoms with E-state index in [2.05, 4.69) is 17.2 Å². The third-order valence-corrected chi connectivity index (χ3v) is 7.25. The molecule has 2 heterocycles. The van der Waals surface area contributed by atoms with Crippen molar-refractivity contribution in [2.75, 3.05) is 12.0 Å². The van der Waals surface area contributed by atoms with E-state index in [1.54, 1.807) is 18.1 Å². The zero-order chi connectivity index (χ0) is 23.8. The van der Waals surface area contributed by atoms with Gasteiger partial charge < -0.3 is 14.2 Å². The van der Waals surface area contributed by atoms with Crippen LogP contribution >= 0.6 is 0 Å². The van der Waals surface area contributed by atoms with Gasteiger partial charge in [0.2, 0.25) is 5.91 Å². The maximum Gasteiger partial charge on any atom is 0.227 e. The molecule has 34 heavy (non-hydrogen) atoms. The summed E-state index contributed by atoms with van der Waals surface area (Å²) in [6, 6.07) is 9.63. The number of carbonyl (C=O) groups is 1. The molecule has 1 aromatic heterocycles. The number of fused-ring (bicyclic) bond motifs is 1. The SMILES string of the molecule is C=Cc1ccc2c(c1)nc([C@@H]1CCCC(=O)N1c1ccc(F)c(F)c1)n2C1CCC(OC)CC1. The number of nitrogens with zero attached hydrogens (tertiary/aromatic N) is 3. The summed E-state index contributed by atoms with van der Waals surface area (Å²) in [6.07, 6.45) is 7.67. The van der Waals surface area contributed by atoms with Crippen molar-refractivity contribution in [3.63, 3.8) is 0 Å². The maximum atomic E-state index is 14.1. The number of benzene rings is 2. The molecule has 1 saturated carbocycles. The van der Waals surface area contributed by atoms with Crippen molar-refractivity contribution < 1.29 is 18.3 Å². The molecular weight excluding hydrogens is 436 g/mol. The van der Waals surface area contributed by atoms with Crippen LogP contribution in [0.25, 0.3) is 17.1 Å². The van der Waals surface area contributed by atoms with Crippen LogP contribution in [0.15, 0.2) is 43.0 Å². The fourth-order valence-corrected chi connectivity index (χ4v) is 5.49. The Labute approximate surface area is 198 Å². The van der Waals surface area contributed by atoms with Gasteiger partial charge in [0.15, 0.2) is 11.6 Å². The highest BCUT2D eigenvalue weighted by atomic mass is 19.2. The van der Waals surface area contributed by atoms with E-state index >= 15 is 0 Å². The molecule has 5 nitrogen and oxygen atoms in total. The number of rotatable bonds is 5. The van der Waals surface area contributed by atoms with Gasteiger partial charge in [0, 0.05) is 31.3 Å². The number of hydrogen-bond acceptors (Lipinski definition) is 3. The van der Waals surface area contributed by atoms with Gasteiger partial charge in [-0.3, -0.25) is 4.79 Å². The highest BCUT2D eigenvalue weighted by Gasteiger charge is 2.36. The summed E-state index contributed by atoms with van der Waals surface area (Å²) >= 11 is 0. The second-order valence-electron chi connectivity index (χ2n) is 9.23. The minimum absolute atomic E-state index is 0.101. The summed E-state index contributed by atoms with van der Waals surface area (Å²) in [4.78, 5) is 19.7. The Bertz CT molecular complexity index is 1230. The molecule has 5 rings (SSSR count). The lowest BCUT2D eigenvalue weighted by atomic mass is 9.91. The van der Waals surface area contributed by atoms with Crippen molar-refractivity contribution >= 4 is 28.7 Å². The van der Waals surface area contributed by atoms with Gasteiger partial charge >= 0.3 is 0 Å². The summed E-state index contributed by atoms with van der Waals surface area (Å²) in [7, 11) is 1.76. The van der Waals surface area contributed by atoms with E-state index in [-0.39, 0.29) is 24.1 Å². The second-order valence-corrected chi connectivity index (χ2v) is 9.23. The number of piperidine rings is 1. The summed E-state index contributed by atoms with van der Waals surface area (Å²) in [5.74, 6) is -1.19. The smallest absolute Gasteiger partial charge is 0.227 e. The number of imidazole rings is 1. The van der Waals surface area contributed by atoms with Gasteiger partial charge in [-0.05, 0) is 68.4 Å². The first-order chi connectivity index (χ1) is 16.5. The molecule has 1 aliphatic carbocycles. The molecule has 0 bridgehead atoms. The molecule has 3 aromatic rings. The van der Waals surface area contributed by atoms with E-state index in [4.69, 9.17) is 9.72 Å². The van der Waals surface area contributed by atoms with E-state index in [1.807, 2.05) is 12.1 Å². The van der Waals surface area contributed by atoms with Gasteiger partial charge in [-0.2, -0.15) is 0 Å². The fourth-order valence-electron chi connectivity index (χ4n) is 5.49. The lowest BCUT2D eigenvalue weighted by molar-refractivity contribution is -0.120. The van der Waals surface area contributed by atoms with Gasteiger partial charge in [-0.25, -0.2) is 13.8 Å². The summed E-state index contributed by atoms with van der Waals surface area (Å²) in [6.45, 7) is 3.87. The molecule has 178 valence electrons. The van der Waals surface area contributed by atoms with Crippen molar-refractivity contribution in [3.8, 4) is 0 Å². The number of ether oxygens (including phenoxy) is 1. The van der Waals surface area contributed by atoms with Crippen LogP contribution in [0.3, 0.4) is 0 Å². The molecule has 1 amide bonds. The largest absolute Gasteiger partial charge is 0.381 e. The average Bonchev–Trinajstić information content (AvgIpc) is 3.24. The Morgan fingerprint density at radius 2 is 1.85 bits per heavy atom. The van der Waals surface area contributed by atoms with E-state index in [1.165, 1.54) is 6.07 Å². The lowest BCUT2D eigenvalue weighted by Crippen LogP contribution is -2.40. The van der Waals surface area contributed by atoms with Gasteiger partial charge in [-0.15, -0.1) is 0 Å². The molecule has 1 aliphatic heterocycles. The number of aromatic nitrogens is 2. The van der Waals surface area contributed by atoms with Crippen LogP contribution in [0.1, 0.15) is 68.4 Å². The first-order valence-electron chi connectivity index (χ1n) is 11.9. The van der Waals surface area contributed by atoms with Crippen molar-refractivity contribution in [3.05, 3.63) is 66.0 Å². The number of anilines is 1. The van der Waals surface area contributed by atoms with Gasteiger partial charge in [-0.1, -0.05) is 18.7 Å². The summed E-state index contributed by atoms with van der Waals surface area (Å²) in [5, 5.41) is 0. The molecule has 2 fully saturated rings. The number of halogens is 2. The fraction of sp³-hybridized carbons (Fsp3) is 0.407. The number of methoxy groups -OCH3 is 1. The molecule has 7 heteroatoms. The second kappa shape index (κ2) is 9.29. The lowest BCUT2D eigenvalue weighted by Gasteiger charge is -2.37. The highest BCUT2D eigenvalue weighted by molar-refractivity contribution is 5.95. The standard InChI is InChI=1S/C27H29F2N3O2/c1-3-17-7-14-24-23(15-17)30-27(32(24)18-8-11-20(34-2)12-9-18)25-5-4-6-26(33)31(25)19-10-13-21(28)22(29)16-19/h3,7,10,13-16,18,20,25H,1,4-6,8-9,11-12H2,2H3/t18?,20?,25-/m0/s1. The van der Waals surface area contributed by atoms with Crippen LogP contribution in [0, 0.1) is 11.6 Å². The monoisotopic (exact) mass is 465 g/mol. The Morgan fingerprint density at radius 3 is 2.56 bits per heavy atom. The number of carbonyl (C=O) groups excluding carboxylic acids is 1. The van der Waals surface area contributed by atoms with Crippen molar-refractivity contribution in [1.29, 1.82) is 0 Å². The van der Waals surface area contributed by atoms with E-state index in [9.17, 15) is 13.6 Å². The number of hydrogen-bond donors (Lipinski definition) is 0. The summed E-state index contributed by atoms with van der Waals surface area (Å²) in [5.41, 5.74) is 3.21. The Balaban J connectivity index is 1.63. The van der Waals surface area contributed by atoms with Crippen LogP contribution < -0.4 is 4.90 Å². The maximum absolute atomic E-state index is 14.1. The van der Waals surface area contributed by atoms with E-state index in [0.29, 0.717) is 18.5 Å². The van der Waals surface area contributed by atoms with Crippen molar-refractivity contribution in [1.82, 2.24) is 9.55 Å². The molecule has 0 unspecified atom stereocenters. The Hall–Kier alpha value is -3.06. The van der Waals surface area contributed by atoms with Gasteiger partial charge in [0.05, 0.1) is 23.2 Å². The minimum Gasteiger partial charge on any atom is -0.381 e. The van der Waals surface area contributed by atoms with Crippen LogP contribution in [-0.4, -0.2) is 28.7 Å². The minimum atomic E-state index is -0.961. The molecule has 2 aliphatic rings. The first kappa shape index (κ1) is 22.7.